The predicted molar refractivity (Wildman–Crippen MR) is 59.3 cm³/mol. The van der Waals surface area contributed by atoms with Gasteiger partial charge in [-0.25, -0.2) is 9.97 Å². The Bertz CT molecular complexity index is 323. The first-order valence-electron chi connectivity index (χ1n) is 5.18. The van der Waals surface area contributed by atoms with Gasteiger partial charge in [0.25, 0.3) is 0 Å². The molecule has 0 amide bonds. The second kappa shape index (κ2) is 5.97. The van der Waals surface area contributed by atoms with Crippen LogP contribution >= 0.6 is 0 Å². The molecule has 80 valence electrons. The number of nitriles is 1. The van der Waals surface area contributed by atoms with Gasteiger partial charge in [-0.3, -0.25) is 0 Å². The summed E-state index contributed by atoms with van der Waals surface area (Å²) in [5.74, 6) is 1.47. The number of anilines is 1. The first-order valence-corrected chi connectivity index (χ1v) is 5.18. The van der Waals surface area contributed by atoms with E-state index in [1.165, 1.54) is 12.6 Å². The third-order valence-electron chi connectivity index (χ3n) is 2.03. The van der Waals surface area contributed by atoms with Crippen LogP contribution in [0.3, 0.4) is 0 Å². The van der Waals surface area contributed by atoms with Crippen LogP contribution in [0.2, 0.25) is 0 Å². The van der Waals surface area contributed by atoms with Crippen molar-refractivity contribution in [3.05, 3.63) is 18.1 Å². The SMILES string of the molecule is CC(C)CCCNc1cnc(C#N)cn1. The van der Waals surface area contributed by atoms with E-state index < -0.39 is 0 Å². The molecule has 0 radical (unpaired) electrons. The molecule has 4 nitrogen and oxygen atoms in total. The standard InChI is InChI=1S/C11H16N4/c1-9(2)4-3-5-13-11-8-14-10(6-12)7-15-11/h7-9H,3-5H2,1-2H3,(H,13,15). The fourth-order valence-electron chi connectivity index (χ4n) is 1.20. The summed E-state index contributed by atoms with van der Waals surface area (Å²) in [6, 6.07) is 1.93. The van der Waals surface area contributed by atoms with Gasteiger partial charge in [0.15, 0.2) is 5.69 Å². The molecule has 0 bridgehead atoms. The molecule has 0 aliphatic carbocycles. The normalized spacial score (nSPS) is 10.0. The summed E-state index contributed by atoms with van der Waals surface area (Å²) in [5.41, 5.74) is 0.350. The summed E-state index contributed by atoms with van der Waals surface area (Å²) >= 11 is 0. The summed E-state index contributed by atoms with van der Waals surface area (Å²) < 4.78 is 0. The third kappa shape index (κ3) is 4.41. The van der Waals surface area contributed by atoms with Crippen LogP contribution in [0, 0.1) is 17.2 Å². The Balaban J connectivity index is 2.29. The summed E-state index contributed by atoms with van der Waals surface area (Å²) in [5, 5.41) is 11.7. The monoisotopic (exact) mass is 204 g/mol. The largest absolute Gasteiger partial charge is 0.369 e. The van der Waals surface area contributed by atoms with Crippen molar-refractivity contribution in [2.24, 2.45) is 5.92 Å². The number of hydrogen-bond donors (Lipinski definition) is 1. The van der Waals surface area contributed by atoms with E-state index in [1.54, 1.807) is 6.20 Å². The van der Waals surface area contributed by atoms with E-state index >= 15 is 0 Å². The first kappa shape index (κ1) is 11.4. The predicted octanol–water partition coefficient (Wildman–Crippen LogP) is 2.20. The summed E-state index contributed by atoms with van der Waals surface area (Å²) in [6.45, 7) is 5.32. The lowest BCUT2D eigenvalue weighted by molar-refractivity contribution is 0.566. The molecule has 1 N–H and O–H groups in total. The highest BCUT2D eigenvalue weighted by atomic mass is 15.0. The number of nitrogens with zero attached hydrogens (tertiary/aromatic N) is 3. The Morgan fingerprint density at radius 2 is 2.20 bits per heavy atom. The van der Waals surface area contributed by atoms with Gasteiger partial charge in [-0.2, -0.15) is 5.26 Å². The maximum atomic E-state index is 8.53. The molecule has 1 aromatic heterocycles. The average molecular weight is 204 g/mol. The molecule has 1 heterocycles. The van der Waals surface area contributed by atoms with Gasteiger partial charge in [0.1, 0.15) is 11.9 Å². The van der Waals surface area contributed by atoms with Crippen LogP contribution in [-0.4, -0.2) is 16.5 Å². The van der Waals surface area contributed by atoms with E-state index in [1.807, 2.05) is 6.07 Å². The Kier molecular flexibility index (Phi) is 4.55. The summed E-state index contributed by atoms with van der Waals surface area (Å²) in [7, 11) is 0. The van der Waals surface area contributed by atoms with Crippen molar-refractivity contribution >= 4 is 5.82 Å². The van der Waals surface area contributed by atoms with Crippen LogP contribution in [0.15, 0.2) is 12.4 Å². The second-order valence-corrected chi connectivity index (χ2v) is 3.86. The van der Waals surface area contributed by atoms with Gasteiger partial charge < -0.3 is 5.32 Å². The smallest absolute Gasteiger partial charge is 0.158 e. The molecule has 1 rings (SSSR count). The number of rotatable bonds is 5. The molecule has 1 aromatic rings. The zero-order valence-corrected chi connectivity index (χ0v) is 9.20. The molecule has 0 unspecified atom stereocenters. The zero-order valence-electron chi connectivity index (χ0n) is 9.20. The molecule has 0 saturated heterocycles. The van der Waals surface area contributed by atoms with Gasteiger partial charge >= 0.3 is 0 Å². The first-order chi connectivity index (χ1) is 7.22. The fourth-order valence-corrected chi connectivity index (χ4v) is 1.20. The second-order valence-electron chi connectivity index (χ2n) is 3.86. The molecule has 0 fully saturated rings. The highest BCUT2D eigenvalue weighted by Crippen LogP contribution is 2.05. The van der Waals surface area contributed by atoms with Crippen molar-refractivity contribution in [2.45, 2.75) is 26.7 Å². The molecule has 15 heavy (non-hydrogen) atoms. The van der Waals surface area contributed by atoms with Crippen molar-refractivity contribution in [3.8, 4) is 6.07 Å². The lowest BCUT2D eigenvalue weighted by atomic mass is 10.1. The minimum Gasteiger partial charge on any atom is -0.369 e. The zero-order chi connectivity index (χ0) is 11.1. The van der Waals surface area contributed by atoms with E-state index in [-0.39, 0.29) is 0 Å². The molecular formula is C11H16N4. The average Bonchev–Trinajstić information content (AvgIpc) is 2.25. The maximum absolute atomic E-state index is 8.53. The van der Waals surface area contributed by atoms with Crippen LogP contribution in [0.4, 0.5) is 5.82 Å². The van der Waals surface area contributed by atoms with Crippen LogP contribution in [0.1, 0.15) is 32.4 Å². The van der Waals surface area contributed by atoms with Crippen molar-refractivity contribution in [1.29, 1.82) is 5.26 Å². The van der Waals surface area contributed by atoms with E-state index in [2.05, 4.69) is 29.1 Å². The maximum Gasteiger partial charge on any atom is 0.158 e. The highest BCUT2D eigenvalue weighted by molar-refractivity contribution is 5.32. The Hall–Kier alpha value is -1.63. The fraction of sp³-hybridized carbons (Fsp3) is 0.545. The van der Waals surface area contributed by atoms with Gasteiger partial charge in [-0.1, -0.05) is 13.8 Å². The van der Waals surface area contributed by atoms with Crippen LogP contribution in [0.5, 0.6) is 0 Å². The molecule has 0 aromatic carbocycles. The minimum atomic E-state index is 0.350. The van der Waals surface area contributed by atoms with E-state index in [0.717, 1.165) is 24.7 Å². The van der Waals surface area contributed by atoms with Gasteiger partial charge in [-0.05, 0) is 18.8 Å². The number of nitrogens with one attached hydrogen (secondary N) is 1. The van der Waals surface area contributed by atoms with Crippen molar-refractivity contribution in [1.82, 2.24) is 9.97 Å². The number of aromatic nitrogens is 2. The van der Waals surface area contributed by atoms with Crippen LogP contribution in [-0.2, 0) is 0 Å². The minimum absolute atomic E-state index is 0.350. The van der Waals surface area contributed by atoms with E-state index in [4.69, 9.17) is 5.26 Å². The molecule has 0 atom stereocenters. The topological polar surface area (TPSA) is 61.6 Å². The van der Waals surface area contributed by atoms with Crippen molar-refractivity contribution < 1.29 is 0 Å². The molecule has 0 aliphatic rings. The van der Waals surface area contributed by atoms with Crippen LogP contribution in [0.25, 0.3) is 0 Å². The molecule has 4 heteroatoms. The molecule has 0 aliphatic heterocycles. The molecular weight excluding hydrogens is 188 g/mol. The lowest BCUT2D eigenvalue weighted by Gasteiger charge is -2.06. The third-order valence-corrected chi connectivity index (χ3v) is 2.03. The van der Waals surface area contributed by atoms with Crippen molar-refractivity contribution in [3.63, 3.8) is 0 Å². The van der Waals surface area contributed by atoms with Gasteiger partial charge in [0.05, 0.1) is 12.4 Å². The Labute approximate surface area is 90.4 Å². The lowest BCUT2D eigenvalue weighted by Crippen LogP contribution is -2.05. The van der Waals surface area contributed by atoms with Gasteiger partial charge in [-0.15, -0.1) is 0 Å². The number of hydrogen-bond acceptors (Lipinski definition) is 4. The van der Waals surface area contributed by atoms with Gasteiger partial charge in [0.2, 0.25) is 0 Å². The van der Waals surface area contributed by atoms with Gasteiger partial charge in [0, 0.05) is 6.54 Å². The highest BCUT2D eigenvalue weighted by Gasteiger charge is 1.97. The summed E-state index contributed by atoms with van der Waals surface area (Å²) in [6.07, 6.45) is 5.40. The van der Waals surface area contributed by atoms with E-state index in [0.29, 0.717) is 5.69 Å². The quantitative estimate of drug-likeness (QED) is 0.747. The Morgan fingerprint density at radius 3 is 2.73 bits per heavy atom. The van der Waals surface area contributed by atoms with Crippen LogP contribution < -0.4 is 5.32 Å². The van der Waals surface area contributed by atoms with E-state index in [9.17, 15) is 0 Å². The molecule has 0 spiro atoms. The summed E-state index contributed by atoms with van der Waals surface area (Å²) in [4.78, 5) is 7.99. The molecule has 0 saturated carbocycles. The Morgan fingerprint density at radius 1 is 1.40 bits per heavy atom. The van der Waals surface area contributed by atoms with Crippen molar-refractivity contribution in [2.75, 3.05) is 11.9 Å².